The zero-order valence-corrected chi connectivity index (χ0v) is 22.3. The van der Waals surface area contributed by atoms with E-state index in [1.54, 1.807) is 22.9 Å². The van der Waals surface area contributed by atoms with Crippen LogP contribution in [0.3, 0.4) is 0 Å². The molecule has 41 heavy (non-hydrogen) atoms. The van der Waals surface area contributed by atoms with Crippen LogP contribution in [0.25, 0.3) is 11.8 Å². The third-order valence-electron chi connectivity index (χ3n) is 7.59. The van der Waals surface area contributed by atoms with Crippen LogP contribution in [0.15, 0.2) is 71.7 Å². The van der Waals surface area contributed by atoms with Crippen molar-refractivity contribution < 1.29 is 30.8 Å². The van der Waals surface area contributed by atoms with Crippen LogP contribution in [0, 0.1) is 11.2 Å². The van der Waals surface area contributed by atoms with Crippen molar-refractivity contribution in [2.75, 3.05) is 13.1 Å². The summed E-state index contributed by atoms with van der Waals surface area (Å²) in [6, 6.07) is 8.48. The van der Waals surface area contributed by atoms with E-state index in [9.17, 15) is 30.8 Å². The highest BCUT2D eigenvalue weighted by atomic mass is 32.2. The number of sulfonamides is 1. The second-order valence-corrected chi connectivity index (χ2v) is 11.9. The van der Waals surface area contributed by atoms with E-state index in [1.807, 2.05) is 0 Å². The zero-order chi connectivity index (χ0) is 29.2. The lowest BCUT2D eigenvalue weighted by molar-refractivity contribution is -0.137. The smallest absolute Gasteiger partial charge is 0.291 e. The van der Waals surface area contributed by atoms with Gasteiger partial charge in [0.05, 0.1) is 34.8 Å². The number of Topliss-reactive ketones (excluding diaryl/α,β-unsaturated/α-hetero) is 1. The Hall–Kier alpha value is -4.17. The molecule has 0 bridgehead atoms. The maximum absolute atomic E-state index is 14.2. The fourth-order valence-electron chi connectivity index (χ4n) is 5.53. The minimum absolute atomic E-state index is 0.0243. The van der Waals surface area contributed by atoms with Gasteiger partial charge in [-0.25, -0.2) is 17.5 Å². The predicted octanol–water partition coefficient (Wildman–Crippen LogP) is 4.06. The van der Waals surface area contributed by atoms with Crippen LogP contribution in [-0.4, -0.2) is 56.1 Å². The molecule has 0 radical (unpaired) electrons. The van der Waals surface area contributed by atoms with Crippen molar-refractivity contribution in [3.05, 3.63) is 95.0 Å². The molecule has 2 aliphatic rings. The van der Waals surface area contributed by atoms with Gasteiger partial charge in [0.15, 0.2) is 10.8 Å². The average molecular weight is 587 g/mol. The summed E-state index contributed by atoms with van der Waals surface area (Å²) >= 11 is 0. The molecule has 0 unspecified atom stereocenters. The van der Waals surface area contributed by atoms with E-state index in [1.165, 1.54) is 46.6 Å². The third kappa shape index (κ3) is 4.47. The molecule has 0 saturated carbocycles. The summed E-state index contributed by atoms with van der Waals surface area (Å²) in [6.07, 6.45) is 0.922. The number of halogens is 4. The SMILES string of the molecule is Cn1nccc1S(=O)(=O)N1CCC2=Cc3c(cnn3-c3ccc(F)cc3)C[C@]2(C(=O)c2cc(C(F)(F)F)ccn2)C1. The lowest BCUT2D eigenvalue weighted by Gasteiger charge is -2.44. The molecule has 1 aromatic carbocycles. The Morgan fingerprint density at radius 3 is 2.49 bits per heavy atom. The summed E-state index contributed by atoms with van der Waals surface area (Å²) in [5.74, 6) is -1.15. The zero-order valence-electron chi connectivity index (χ0n) is 21.5. The molecule has 1 aliphatic heterocycles. The quantitative estimate of drug-likeness (QED) is 0.258. The Balaban J connectivity index is 1.48. The van der Waals surface area contributed by atoms with Crippen molar-refractivity contribution in [2.24, 2.45) is 12.5 Å². The largest absolute Gasteiger partial charge is 0.416 e. The van der Waals surface area contributed by atoms with E-state index >= 15 is 0 Å². The van der Waals surface area contributed by atoms with Crippen LogP contribution in [0.2, 0.25) is 0 Å². The number of carbonyl (C=O) groups excluding carboxylic acids is 1. The number of ketones is 1. The fourth-order valence-corrected chi connectivity index (χ4v) is 7.13. The molecular weight excluding hydrogens is 564 g/mol. The Morgan fingerprint density at radius 2 is 1.80 bits per heavy atom. The number of hydrogen-bond donors (Lipinski definition) is 0. The molecule has 6 rings (SSSR count). The summed E-state index contributed by atoms with van der Waals surface area (Å²) in [7, 11) is -2.63. The number of aryl methyl sites for hydroxylation is 1. The maximum Gasteiger partial charge on any atom is 0.416 e. The summed E-state index contributed by atoms with van der Waals surface area (Å²) in [5, 5.41) is 8.28. The van der Waals surface area contributed by atoms with Crippen LogP contribution < -0.4 is 0 Å². The van der Waals surface area contributed by atoms with Gasteiger partial charge in [-0.15, -0.1) is 0 Å². The van der Waals surface area contributed by atoms with Crippen molar-refractivity contribution in [3.8, 4) is 5.69 Å². The summed E-state index contributed by atoms with van der Waals surface area (Å²) < 4.78 is 85.3. The molecule has 4 heterocycles. The molecule has 0 N–H and O–H groups in total. The monoisotopic (exact) mass is 586 g/mol. The van der Waals surface area contributed by atoms with Gasteiger partial charge in [-0.3, -0.25) is 14.5 Å². The molecule has 3 aromatic heterocycles. The fraction of sp³-hybridized carbons (Fsp3) is 0.259. The molecule has 1 saturated heterocycles. The predicted molar refractivity (Wildman–Crippen MR) is 138 cm³/mol. The molecule has 0 amide bonds. The number of hydrogen-bond acceptors (Lipinski definition) is 6. The van der Waals surface area contributed by atoms with E-state index in [-0.39, 0.29) is 31.0 Å². The molecule has 1 aliphatic carbocycles. The van der Waals surface area contributed by atoms with Gasteiger partial charge in [-0.2, -0.15) is 27.7 Å². The topological polar surface area (TPSA) is 103 Å². The van der Waals surface area contributed by atoms with E-state index in [0.29, 0.717) is 28.6 Å². The van der Waals surface area contributed by atoms with E-state index in [4.69, 9.17) is 0 Å². The Morgan fingerprint density at radius 1 is 1.05 bits per heavy atom. The first kappa shape index (κ1) is 27.0. The van der Waals surface area contributed by atoms with Crippen LogP contribution in [0.5, 0.6) is 0 Å². The van der Waals surface area contributed by atoms with E-state index in [0.717, 1.165) is 12.3 Å². The van der Waals surface area contributed by atoms with E-state index in [2.05, 4.69) is 15.2 Å². The molecule has 14 heteroatoms. The number of fused-ring (bicyclic) bond motifs is 2. The molecule has 1 atom stereocenters. The standard InChI is InChI=1S/C27H22F4N6O3S/c1-35-24(7-10-33-35)41(39,40)36-11-8-18-13-23-17(15-34-37(23)21-4-2-20(28)3-5-21)14-26(18,16-36)25(38)22-12-19(6-9-32-22)27(29,30)31/h2-7,9-10,12-13,15H,8,11,14,16H2,1H3/t26-/m0/s1. The first-order valence-electron chi connectivity index (χ1n) is 12.5. The highest BCUT2D eigenvalue weighted by Crippen LogP contribution is 2.47. The molecule has 0 spiro atoms. The normalized spacial score (nSPS) is 19.4. The van der Waals surface area contributed by atoms with Gasteiger partial charge >= 0.3 is 6.18 Å². The Kier molecular flexibility index (Phi) is 6.23. The number of pyridine rings is 1. The average Bonchev–Trinajstić information content (AvgIpc) is 3.57. The first-order chi connectivity index (χ1) is 19.4. The first-order valence-corrected chi connectivity index (χ1v) is 13.9. The second-order valence-electron chi connectivity index (χ2n) is 10.0. The minimum Gasteiger partial charge on any atom is -0.291 e. The minimum atomic E-state index is -4.70. The van der Waals surface area contributed by atoms with Crippen LogP contribution in [0.4, 0.5) is 17.6 Å². The number of benzene rings is 1. The number of carbonyl (C=O) groups is 1. The molecule has 9 nitrogen and oxygen atoms in total. The molecular formula is C27H22F4N6O3S. The van der Waals surface area contributed by atoms with Crippen LogP contribution in [-0.2, 0) is 29.7 Å². The lowest BCUT2D eigenvalue weighted by atomic mass is 9.65. The van der Waals surface area contributed by atoms with E-state index < -0.39 is 44.5 Å². The van der Waals surface area contributed by atoms with Crippen molar-refractivity contribution in [1.82, 2.24) is 28.9 Å². The van der Waals surface area contributed by atoms with Crippen LogP contribution in [0.1, 0.15) is 33.7 Å². The van der Waals surface area contributed by atoms with Crippen molar-refractivity contribution >= 4 is 21.9 Å². The highest BCUT2D eigenvalue weighted by Gasteiger charge is 2.52. The Bertz CT molecular complexity index is 1810. The van der Waals surface area contributed by atoms with Crippen LogP contribution >= 0.6 is 0 Å². The Labute approximate surface area is 231 Å². The second kappa shape index (κ2) is 9.45. The van der Waals surface area contributed by atoms with Crippen molar-refractivity contribution in [2.45, 2.75) is 24.0 Å². The number of nitrogens with zero attached hydrogens (tertiary/aromatic N) is 6. The molecule has 212 valence electrons. The number of aromatic nitrogens is 5. The van der Waals surface area contributed by atoms with Gasteiger partial charge in [0.1, 0.15) is 11.5 Å². The summed E-state index contributed by atoms with van der Waals surface area (Å²) in [5.41, 5.74) is -0.666. The lowest BCUT2D eigenvalue weighted by Crippen LogP contribution is -2.53. The molecule has 1 fully saturated rings. The number of piperidine rings is 1. The van der Waals surface area contributed by atoms with Gasteiger partial charge in [0, 0.05) is 26.3 Å². The van der Waals surface area contributed by atoms with Gasteiger partial charge in [0.2, 0.25) is 0 Å². The summed E-state index contributed by atoms with van der Waals surface area (Å²) in [6.45, 7) is -0.283. The van der Waals surface area contributed by atoms with Gasteiger partial charge < -0.3 is 0 Å². The van der Waals surface area contributed by atoms with Gasteiger partial charge in [0.25, 0.3) is 10.0 Å². The van der Waals surface area contributed by atoms with Crippen molar-refractivity contribution in [3.63, 3.8) is 0 Å². The highest BCUT2D eigenvalue weighted by molar-refractivity contribution is 7.89. The number of rotatable bonds is 5. The van der Waals surface area contributed by atoms with Crippen molar-refractivity contribution in [1.29, 1.82) is 0 Å². The maximum atomic E-state index is 14.2. The summed E-state index contributed by atoms with van der Waals surface area (Å²) in [4.78, 5) is 18.2. The van der Waals surface area contributed by atoms with Gasteiger partial charge in [-0.1, -0.05) is 5.57 Å². The number of alkyl halides is 3. The molecule has 4 aromatic rings. The third-order valence-corrected chi connectivity index (χ3v) is 9.51. The van der Waals surface area contributed by atoms with Gasteiger partial charge in [-0.05, 0) is 66.9 Å².